The molecule has 0 saturated heterocycles. The lowest BCUT2D eigenvalue weighted by Gasteiger charge is -2.14. The Labute approximate surface area is 287 Å². The van der Waals surface area contributed by atoms with Gasteiger partial charge in [0.2, 0.25) is 0 Å². The summed E-state index contributed by atoms with van der Waals surface area (Å²) < 4.78 is 12.8. The Kier molecular flexibility index (Phi) is 6.42. The van der Waals surface area contributed by atoms with Crippen molar-refractivity contribution in [2.45, 2.75) is 0 Å². The van der Waals surface area contributed by atoms with Crippen molar-refractivity contribution in [1.29, 1.82) is 0 Å². The molecular formula is C45H27N3O2. The van der Waals surface area contributed by atoms with Crippen LogP contribution in [0.1, 0.15) is 0 Å². The molecule has 0 aliphatic carbocycles. The molecule has 6 aromatic carbocycles. The Morgan fingerprint density at radius 2 is 1.08 bits per heavy atom. The molecule has 4 heterocycles. The SMILES string of the molecule is c1ccc(-c2cc(-c3ccccc3-c3cccnc3)nc(-c3ccc(-c4ccc5oc6ccccc6c5c4)c4oc5ccccc5c34)n2)cc1. The highest BCUT2D eigenvalue weighted by atomic mass is 16.3. The van der Waals surface area contributed by atoms with Crippen LogP contribution in [0.3, 0.4) is 0 Å². The summed E-state index contributed by atoms with van der Waals surface area (Å²) in [6.45, 7) is 0. The number of aromatic nitrogens is 3. The first-order valence-corrected chi connectivity index (χ1v) is 16.6. The quantitative estimate of drug-likeness (QED) is 0.187. The van der Waals surface area contributed by atoms with Gasteiger partial charge in [-0.2, -0.15) is 0 Å². The van der Waals surface area contributed by atoms with Crippen LogP contribution in [0.5, 0.6) is 0 Å². The number of rotatable bonds is 5. The number of furan rings is 2. The molecule has 0 atom stereocenters. The Morgan fingerprint density at radius 3 is 1.92 bits per heavy atom. The molecule has 0 N–H and O–H groups in total. The number of fused-ring (bicyclic) bond motifs is 6. The summed E-state index contributed by atoms with van der Waals surface area (Å²) in [7, 11) is 0. The average molecular weight is 642 g/mol. The second-order valence-corrected chi connectivity index (χ2v) is 12.4. The van der Waals surface area contributed by atoms with Crippen LogP contribution in [0.15, 0.2) is 173 Å². The van der Waals surface area contributed by atoms with Gasteiger partial charge in [0, 0.05) is 61.8 Å². The topological polar surface area (TPSA) is 65.0 Å². The monoisotopic (exact) mass is 641 g/mol. The summed E-state index contributed by atoms with van der Waals surface area (Å²) >= 11 is 0. The number of hydrogen-bond acceptors (Lipinski definition) is 5. The van der Waals surface area contributed by atoms with Crippen LogP contribution in [0.4, 0.5) is 0 Å². The third-order valence-corrected chi connectivity index (χ3v) is 9.43. The molecule has 0 unspecified atom stereocenters. The molecule has 0 spiro atoms. The standard InChI is InChI=1S/C45H27N3O2/c1-2-11-28(12-3-1)38-26-39(33-15-5-4-14-31(33)30-13-10-24-46-27-30)48-45(47-38)36-22-21-32(44-43(36)35-17-7-9-19-41(35)50-44)29-20-23-42-37(25-29)34-16-6-8-18-40(34)49-42/h1-27H. The fourth-order valence-electron chi connectivity index (χ4n) is 7.08. The minimum Gasteiger partial charge on any atom is -0.456 e. The molecule has 0 bridgehead atoms. The van der Waals surface area contributed by atoms with Crippen molar-refractivity contribution in [3.05, 3.63) is 164 Å². The first kappa shape index (κ1) is 28.2. The molecule has 10 aromatic rings. The number of para-hydroxylation sites is 2. The van der Waals surface area contributed by atoms with Gasteiger partial charge in [0.1, 0.15) is 22.3 Å². The number of benzene rings is 6. The fraction of sp³-hybridized carbons (Fsp3) is 0. The van der Waals surface area contributed by atoms with Crippen LogP contribution in [0.25, 0.3) is 100 Å². The summed E-state index contributed by atoms with van der Waals surface area (Å²) in [6, 6.07) is 51.7. The van der Waals surface area contributed by atoms with E-state index in [1.165, 1.54) is 0 Å². The minimum atomic E-state index is 0.627. The first-order chi connectivity index (χ1) is 24.8. The molecule has 0 fully saturated rings. The zero-order valence-electron chi connectivity index (χ0n) is 26.7. The van der Waals surface area contributed by atoms with Gasteiger partial charge in [0.25, 0.3) is 0 Å². The summed E-state index contributed by atoms with van der Waals surface area (Å²) in [5, 5.41) is 4.15. The molecule has 5 nitrogen and oxygen atoms in total. The zero-order chi connectivity index (χ0) is 33.0. The predicted octanol–water partition coefficient (Wildman–Crippen LogP) is 12.0. The summed E-state index contributed by atoms with van der Waals surface area (Å²) in [6.07, 6.45) is 3.69. The van der Waals surface area contributed by atoms with E-state index >= 15 is 0 Å². The van der Waals surface area contributed by atoms with Crippen LogP contribution in [-0.4, -0.2) is 15.0 Å². The van der Waals surface area contributed by atoms with Crippen molar-refractivity contribution in [3.63, 3.8) is 0 Å². The van der Waals surface area contributed by atoms with Crippen LogP contribution < -0.4 is 0 Å². The number of hydrogen-bond donors (Lipinski definition) is 0. The van der Waals surface area contributed by atoms with Crippen LogP contribution >= 0.6 is 0 Å². The highest BCUT2D eigenvalue weighted by Crippen LogP contribution is 2.43. The molecule has 4 aromatic heterocycles. The first-order valence-electron chi connectivity index (χ1n) is 16.6. The lowest BCUT2D eigenvalue weighted by atomic mass is 9.96. The molecule has 0 aliphatic heterocycles. The summed E-state index contributed by atoms with van der Waals surface area (Å²) in [4.78, 5) is 14.9. The molecule has 50 heavy (non-hydrogen) atoms. The van der Waals surface area contributed by atoms with E-state index in [0.717, 1.165) is 94.2 Å². The Balaban J connectivity index is 1.23. The maximum Gasteiger partial charge on any atom is 0.161 e. The third kappa shape index (κ3) is 4.60. The van der Waals surface area contributed by atoms with Gasteiger partial charge in [-0.1, -0.05) is 103 Å². The van der Waals surface area contributed by atoms with Gasteiger partial charge in [-0.05, 0) is 59.7 Å². The third-order valence-electron chi connectivity index (χ3n) is 9.43. The van der Waals surface area contributed by atoms with Gasteiger partial charge in [-0.15, -0.1) is 0 Å². The lowest BCUT2D eigenvalue weighted by Crippen LogP contribution is -1.98. The predicted molar refractivity (Wildman–Crippen MR) is 202 cm³/mol. The van der Waals surface area contributed by atoms with E-state index in [1.807, 2.05) is 72.9 Å². The smallest absolute Gasteiger partial charge is 0.161 e. The van der Waals surface area contributed by atoms with E-state index in [1.54, 1.807) is 6.20 Å². The Morgan fingerprint density at radius 1 is 0.400 bits per heavy atom. The van der Waals surface area contributed by atoms with Crippen molar-refractivity contribution in [1.82, 2.24) is 15.0 Å². The van der Waals surface area contributed by atoms with Gasteiger partial charge >= 0.3 is 0 Å². The van der Waals surface area contributed by atoms with Crippen molar-refractivity contribution in [3.8, 4) is 56.2 Å². The Bertz CT molecular complexity index is 2870. The van der Waals surface area contributed by atoms with Gasteiger partial charge < -0.3 is 8.83 Å². The molecule has 0 amide bonds. The van der Waals surface area contributed by atoms with Gasteiger partial charge in [0.05, 0.1) is 11.4 Å². The number of nitrogens with zero attached hydrogens (tertiary/aromatic N) is 3. The molecule has 0 saturated carbocycles. The fourth-order valence-corrected chi connectivity index (χ4v) is 7.08. The van der Waals surface area contributed by atoms with E-state index in [0.29, 0.717) is 5.82 Å². The maximum atomic E-state index is 6.70. The normalized spacial score (nSPS) is 11.6. The molecule has 10 rings (SSSR count). The second kappa shape index (κ2) is 11.4. The van der Waals surface area contributed by atoms with Crippen LogP contribution in [-0.2, 0) is 0 Å². The molecule has 0 radical (unpaired) electrons. The van der Waals surface area contributed by atoms with Gasteiger partial charge in [-0.3, -0.25) is 4.98 Å². The van der Waals surface area contributed by atoms with Crippen molar-refractivity contribution >= 4 is 43.9 Å². The Hall–Kier alpha value is -6.85. The van der Waals surface area contributed by atoms with E-state index in [2.05, 4.69) is 89.9 Å². The summed E-state index contributed by atoms with van der Waals surface area (Å²) in [5.74, 6) is 0.627. The van der Waals surface area contributed by atoms with Crippen molar-refractivity contribution in [2.24, 2.45) is 0 Å². The highest BCUT2D eigenvalue weighted by molar-refractivity contribution is 6.16. The van der Waals surface area contributed by atoms with Crippen LogP contribution in [0.2, 0.25) is 0 Å². The molecule has 5 heteroatoms. The van der Waals surface area contributed by atoms with E-state index in [-0.39, 0.29) is 0 Å². The zero-order valence-corrected chi connectivity index (χ0v) is 26.7. The van der Waals surface area contributed by atoms with Gasteiger partial charge in [0.15, 0.2) is 5.82 Å². The summed E-state index contributed by atoms with van der Waals surface area (Å²) in [5.41, 5.74) is 12.1. The molecule has 234 valence electrons. The number of pyridine rings is 1. The van der Waals surface area contributed by atoms with E-state index in [4.69, 9.17) is 18.8 Å². The molecule has 0 aliphatic rings. The van der Waals surface area contributed by atoms with Gasteiger partial charge in [-0.25, -0.2) is 9.97 Å². The van der Waals surface area contributed by atoms with Crippen molar-refractivity contribution in [2.75, 3.05) is 0 Å². The largest absolute Gasteiger partial charge is 0.456 e. The van der Waals surface area contributed by atoms with E-state index < -0.39 is 0 Å². The second-order valence-electron chi connectivity index (χ2n) is 12.4. The lowest BCUT2D eigenvalue weighted by molar-refractivity contribution is 0.668. The van der Waals surface area contributed by atoms with Crippen molar-refractivity contribution < 1.29 is 8.83 Å². The molecular weight excluding hydrogens is 615 g/mol. The minimum absolute atomic E-state index is 0.627. The van der Waals surface area contributed by atoms with Crippen LogP contribution in [0, 0.1) is 0 Å². The highest BCUT2D eigenvalue weighted by Gasteiger charge is 2.21. The average Bonchev–Trinajstić information content (AvgIpc) is 3.77. The maximum absolute atomic E-state index is 6.70. The van der Waals surface area contributed by atoms with E-state index in [9.17, 15) is 0 Å².